The van der Waals surface area contributed by atoms with Crippen molar-refractivity contribution in [3.05, 3.63) is 0 Å². The van der Waals surface area contributed by atoms with E-state index in [2.05, 4.69) is 26.0 Å². The molecule has 1 N–H and O–H groups in total. The van der Waals surface area contributed by atoms with Crippen molar-refractivity contribution >= 4 is 22.9 Å². The number of hydrogen-bond acceptors (Lipinski definition) is 2. The first kappa shape index (κ1) is 9.74. The Balaban J connectivity index is 2.12. The molecular weight excluding hydrogens is 253 g/mol. The Morgan fingerprint density at radius 3 is 2.55 bits per heavy atom. The normalized spacial score (nSPS) is 19.9. The van der Waals surface area contributed by atoms with Crippen LogP contribution in [0.25, 0.3) is 0 Å². The summed E-state index contributed by atoms with van der Waals surface area (Å²) in [6.07, 6.45) is 6.41. The van der Waals surface area contributed by atoms with Gasteiger partial charge in [-0.1, -0.05) is 12.8 Å². The zero-order valence-corrected chi connectivity index (χ0v) is 8.96. The topological polar surface area (TPSA) is 23.5 Å². The maximum atomic E-state index is 8.63. The first-order valence-corrected chi connectivity index (χ1v) is 5.34. The van der Waals surface area contributed by atoms with Crippen LogP contribution in [-0.4, -0.2) is 27.4 Å². The van der Waals surface area contributed by atoms with E-state index >= 15 is 0 Å². The summed E-state index contributed by atoms with van der Waals surface area (Å²) in [4.78, 5) is 0. The van der Waals surface area contributed by atoms with E-state index in [0.717, 1.165) is 19.0 Å². The van der Waals surface area contributed by atoms with E-state index < -0.39 is 0 Å². The summed E-state index contributed by atoms with van der Waals surface area (Å²) in [5.74, 6) is 0. The number of aliphatic hydroxyl groups is 1. The maximum Gasteiger partial charge on any atom is 0.0443 e. The second-order valence-electron chi connectivity index (χ2n) is 3.14. The summed E-state index contributed by atoms with van der Waals surface area (Å²) in [5.41, 5.74) is 0. The van der Waals surface area contributed by atoms with E-state index in [1.807, 2.05) is 0 Å². The van der Waals surface area contributed by atoms with Gasteiger partial charge in [0.15, 0.2) is 0 Å². The molecule has 2 nitrogen and oxygen atoms in total. The second kappa shape index (κ2) is 5.32. The van der Waals surface area contributed by atoms with Gasteiger partial charge >= 0.3 is 0 Å². The smallest absolute Gasteiger partial charge is 0.0443 e. The van der Waals surface area contributed by atoms with Crippen molar-refractivity contribution < 1.29 is 5.11 Å². The van der Waals surface area contributed by atoms with E-state index in [0.29, 0.717) is 6.61 Å². The summed E-state index contributed by atoms with van der Waals surface area (Å²) >= 11 is 2.39. The first-order chi connectivity index (χ1) is 5.34. The molecule has 0 aliphatic heterocycles. The minimum Gasteiger partial charge on any atom is -0.396 e. The fourth-order valence-corrected chi connectivity index (χ4v) is 2.49. The Kier molecular flexibility index (Phi) is 4.71. The largest absolute Gasteiger partial charge is 0.396 e. The fourth-order valence-electron chi connectivity index (χ4n) is 1.59. The maximum absolute atomic E-state index is 8.63. The molecule has 1 fully saturated rings. The van der Waals surface area contributed by atoms with Gasteiger partial charge in [-0.3, -0.25) is 0 Å². The van der Waals surface area contributed by atoms with Crippen LogP contribution in [0.2, 0.25) is 0 Å². The number of nitrogens with zero attached hydrogens (tertiary/aromatic N) is 1. The number of rotatable bonds is 4. The van der Waals surface area contributed by atoms with Crippen LogP contribution in [0.3, 0.4) is 0 Å². The van der Waals surface area contributed by atoms with Gasteiger partial charge in [-0.05, 0) is 19.3 Å². The average Bonchev–Trinajstić information content (AvgIpc) is 2.52. The van der Waals surface area contributed by atoms with Crippen LogP contribution in [-0.2, 0) is 0 Å². The molecule has 0 heterocycles. The minimum absolute atomic E-state index is 0.326. The summed E-state index contributed by atoms with van der Waals surface area (Å²) in [6, 6.07) is 0.794. The van der Waals surface area contributed by atoms with Crippen molar-refractivity contribution in [2.75, 3.05) is 13.2 Å². The van der Waals surface area contributed by atoms with Gasteiger partial charge in [0.1, 0.15) is 0 Å². The van der Waals surface area contributed by atoms with Crippen LogP contribution in [0.5, 0.6) is 0 Å². The van der Waals surface area contributed by atoms with E-state index in [9.17, 15) is 0 Å². The fraction of sp³-hybridized carbons (Fsp3) is 1.00. The van der Waals surface area contributed by atoms with Gasteiger partial charge in [-0.25, -0.2) is 3.11 Å². The Labute approximate surface area is 82.5 Å². The number of halogens is 1. The monoisotopic (exact) mass is 269 g/mol. The Hall–Kier alpha value is 0.650. The molecule has 3 heteroatoms. The summed E-state index contributed by atoms with van der Waals surface area (Å²) < 4.78 is 2.36. The summed E-state index contributed by atoms with van der Waals surface area (Å²) in [6.45, 7) is 1.37. The van der Waals surface area contributed by atoms with Crippen LogP contribution in [0.4, 0.5) is 0 Å². The Morgan fingerprint density at radius 1 is 1.36 bits per heavy atom. The third-order valence-corrected chi connectivity index (χ3v) is 3.52. The quantitative estimate of drug-likeness (QED) is 0.623. The molecule has 0 radical (unpaired) electrons. The lowest BCUT2D eigenvalue weighted by Crippen LogP contribution is -2.24. The van der Waals surface area contributed by atoms with Gasteiger partial charge in [0.25, 0.3) is 0 Å². The van der Waals surface area contributed by atoms with Crippen LogP contribution >= 0.6 is 22.9 Å². The molecule has 0 spiro atoms. The standard InChI is InChI=1S/C8H16INO/c9-10(6-3-7-11)8-4-1-2-5-8/h8,11H,1-7H2. The van der Waals surface area contributed by atoms with Gasteiger partial charge in [0.2, 0.25) is 0 Å². The molecule has 1 aliphatic carbocycles. The predicted molar refractivity (Wildman–Crippen MR) is 54.7 cm³/mol. The van der Waals surface area contributed by atoms with Crippen LogP contribution < -0.4 is 0 Å². The molecule has 0 unspecified atom stereocenters. The van der Waals surface area contributed by atoms with Crippen molar-refractivity contribution in [1.82, 2.24) is 3.11 Å². The molecule has 1 aliphatic rings. The third-order valence-electron chi connectivity index (χ3n) is 2.25. The molecule has 66 valence electrons. The van der Waals surface area contributed by atoms with Gasteiger partial charge < -0.3 is 5.11 Å². The van der Waals surface area contributed by atoms with E-state index in [-0.39, 0.29) is 0 Å². The summed E-state index contributed by atoms with van der Waals surface area (Å²) in [5, 5.41) is 8.63. The molecule has 1 saturated carbocycles. The highest BCUT2D eigenvalue weighted by Crippen LogP contribution is 2.25. The second-order valence-corrected chi connectivity index (χ2v) is 4.38. The molecule has 0 bridgehead atoms. The highest BCUT2D eigenvalue weighted by molar-refractivity contribution is 14.1. The molecule has 1 rings (SSSR count). The van der Waals surface area contributed by atoms with Gasteiger partial charge in [-0.15, -0.1) is 0 Å². The number of hydrogen-bond donors (Lipinski definition) is 1. The predicted octanol–water partition coefficient (Wildman–Crippen LogP) is 1.96. The van der Waals surface area contributed by atoms with Gasteiger partial charge in [0, 0.05) is 42.1 Å². The van der Waals surface area contributed by atoms with Crippen LogP contribution in [0, 0.1) is 0 Å². The lowest BCUT2D eigenvalue weighted by molar-refractivity contribution is 0.266. The molecule has 0 atom stereocenters. The van der Waals surface area contributed by atoms with E-state index in [1.165, 1.54) is 25.7 Å². The van der Waals surface area contributed by atoms with Crippen molar-refractivity contribution in [2.24, 2.45) is 0 Å². The molecule has 0 saturated heterocycles. The minimum atomic E-state index is 0.326. The van der Waals surface area contributed by atoms with Crippen molar-refractivity contribution in [1.29, 1.82) is 0 Å². The van der Waals surface area contributed by atoms with Crippen molar-refractivity contribution in [3.63, 3.8) is 0 Å². The first-order valence-electron chi connectivity index (χ1n) is 4.38. The van der Waals surface area contributed by atoms with Crippen molar-refractivity contribution in [2.45, 2.75) is 38.1 Å². The average molecular weight is 269 g/mol. The molecule has 11 heavy (non-hydrogen) atoms. The lowest BCUT2D eigenvalue weighted by atomic mass is 10.2. The molecule has 0 aromatic heterocycles. The summed E-state index contributed by atoms with van der Waals surface area (Å²) in [7, 11) is 0. The Bertz CT molecular complexity index is 104. The lowest BCUT2D eigenvalue weighted by Gasteiger charge is -2.20. The number of aliphatic hydroxyl groups excluding tert-OH is 1. The third kappa shape index (κ3) is 3.25. The van der Waals surface area contributed by atoms with Gasteiger partial charge in [0.05, 0.1) is 0 Å². The zero-order valence-electron chi connectivity index (χ0n) is 6.80. The zero-order chi connectivity index (χ0) is 8.10. The van der Waals surface area contributed by atoms with Gasteiger partial charge in [-0.2, -0.15) is 0 Å². The Morgan fingerprint density at radius 2 is 2.00 bits per heavy atom. The van der Waals surface area contributed by atoms with E-state index in [4.69, 9.17) is 5.11 Å². The molecule has 0 aromatic rings. The highest BCUT2D eigenvalue weighted by Gasteiger charge is 2.19. The highest BCUT2D eigenvalue weighted by atomic mass is 127. The molecule has 0 aromatic carbocycles. The van der Waals surface area contributed by atoms with Crippen molar-refractivity contribution in [3.8, 4) is 0 Å². The van der Waals surface area contributed by atoms with Crippen LogP contribution in [0.15, 0.2) is 0 Å². The van der Waals surface area contributed by atoms with Crippen LogP contribution in [0.1, 0.15) is 32.1 Å². The van der Waals surface area contributed by atoms with E-state index in [1.54, 1.807) is 0 Å². The molecular formula is C8H16INO. The molecule has 0 amide bonds. The SMILES string of the molecule is OCCCN(I)C1CCCC1.